The lowest BCUT2D eigenvalue weighted by atomic mass is 10.3. The van der Waals surface area contributed by atoms with Crippen molar-refractivity contribution in [2.24, 2.45) is 0 Å². The van der Waals surface area contributed by atoms with Crippen LogP contribution >= 0.6 is 38.5 Å². The smallest absolute Gasteiger partial charge is 0.150 e. The van der Waals surface area contributed by atoms with E-state index in [0.29, 0.717) is 0 Å². The number of hydrogen-bond donors (Lipinski definition) is 0. The molecule has 0 N–H and O–H groups in total. The molecule has 60 valence electrons. The molecule has 3 heteroatoms. The summed E-state index contributed by atoms with van der Waals surface area (Å²) >= 11 is 5.57. The molecule has 11 heavy (non-hydrogen) atoms. The molecule has 0 saturated carbocycles. The van der Waals surface area contributed by atoms with E-state index in [1.165, 1.54) is 3.57 Å². The van der Waals surface area contributed by atoms with Crippen molar-refractivity contribution in [1.82, 2.24) is 0 Å². The monoisotopic (exact) mass is 326 g/mol. The summed E-state index contributed by atoms with van der Waals surface area (Å²) in [6.45, 7) is 1.94. The van der Waals surface area contributed by atoms with Crippen LogP contribution < -0.4 is 4.74 Å². The van der Waals surface area contributed by atoms with Crippen LogP contribution in [-0.2, 0) is 0 Å². The summed E-state index contributed by atoms with van der Waals surface area (Å²) < 4.78 is 6.60. The number of ether oxygens (including phenoxy) is 1. The standard InChI is InChI=1S/C8H8BrIO/c1-6(9)11-8-4-2-7(10)3-5-8/h2-6H,1H3. The molecule has 1 aromatic carbocycles. The molecule has 1 unspecified atom stereocenters. The second kappa shape index (κ2) is 4.30. The van der Waals surface area contributed by atoms with Gasteiger partial charge in [-0.2, -0.15) is 0 Å². The minimum Gasteiger partial charge on any atom is -0.480 e. The van der Waals surface area contributed by atoms with E-state index in [-0.39, 0.29) is 5.01 Å². The minimum atomic E-state index is 0.0718. The summed E-state index contributed by atoms with van der Waals surface area (Å²) in [6.07, 6.45) is 0. The minimum absolute atomic E-state index is 0.0718. The lowest BCUT2D eigenvalue weighted by Gasteiger charge is -2.07. The highest BCUT2D eigenvalue weighted by atomic mass is 127. The van der Waals surface area contributed by atoms with Crippen LogP contribution in [0.4, 0.5) is 0 Å². The van der Waals surface area contributed by atoms with Crippen molar-refractivity contribution in [2.45, 2.75) is 11.9 Å². The SMILES string of the molecule is CC(Br)Oc1ccc(I)cc1. The zero-order chi connectivity index (χ0) is 8.27. The molecule has 1 nitrogen and oxygen atoms in total. The predicted molar refractivity (Wildman–Crippen MR) is 58.2 cm³/mol. The molecule has 0 aliphatic carbocycles. The molecule has 0 aliphatic heterocycles. The zero-order valence-electron chi connectivity index (χ0n) is 6.05. The first-order valence-corrected chi connectivity index (χ1v) is 5.24. The Morgan fingerprint density at radius 2 is 1.91 bits per heavy atom. The number of alkyl halides is 1. The maximum absolute atomic E-state index is 5.38. The van der Waals surface area contributed by atoms with Gasteiger partial charge in [-0.25, -0.2) is 0 Å². The molecule has 0 saturated heterocycles. The number of benzene rings is 1. The number of halogens is 2. The first-order chi connectivity index (χ1) is 5.18. The molecule has 0 aliphatic rings. The second-order valence-corrected chi connectivity index (χ2v) is 4.65. The molecule has 0 fully saturated rings. The van der Waals surface area contributed by atoms with Crippen LogP contribution in [0.25, 0.3) is 0 Å². The van der Waals surface area contributed by atoms with Gasteiger partial charge < -0.3 is 4.74 Å². The van der Waals surface area contributed by atoms with E-state index in [1.54, 1.807) is 0 Å². The van der Waals surface area contributed by atoms with Crippen molar-refractivity contribution in [3.63, 3.8) is 0 Å². The fourth-order valence-electron chi connectivity index (χ4n) is 0.701. The van der Waals surface area contributed by atoms with Crippen molar-refractivity contribution in [3.05, 3.63) is 27.8 Å². The summed E-state index contributed by atoms with van der Waals surface area (Å²) in [5, 5.41) is 0.0718. The highest BCUT2D eigenvalue weighted by Crippen LogP contribution is 2.16. The Morgan fingerprint density at radius 1 is 1.36 bits per heavy atom. The highest BCUT2D eigenvalue weighted by molar-refractivity contribution is 14.1. The number of rotatable bonds is 2. The quantitative estimate of drug-likeness (QED) is 0.598. The normalized spacial score (nSPS) is 12.6. The summed E-state index contributed by atoms with van der Waals surface area (Å²) in [5.74, 6) is 0.898. The second-order valence-electron chi connectivity index (χ2n) is 2.11. The molecule has 0 bridgehead atoms. The third-order valence-electron chi connectivity index (χ3n) is 1.11. The molecule has 0 amide bonds. The molecule has 0 heterocycles. The van der Waals surface area contributed by atoms with E-state index in [2.05, 4.69) is 38.5 Å². The van der Waals surface area contributed by atoms with Gasteiger partial charge in [0.2, 0.25) is 0 Å². The van der Waals surface area contributed by atoms with Crippen molar-refractivity contribution < 1.29 is 4.74 Å². The molecule has 1 aromatic rings. The van der Waals surface area contributed by atoms with Gasteiger partial charge in [-0.15, -0.1) is 0 Å². The van der Waals surface area contributed by atoms with Crippen LogP contribution in [0.15, 0.2) is 24.3 Å². The van der Waals surface area contributed by atoms with Gasteiger partial charge in [0.15, 0.2) is 5.01 Å². The maximum atomic E-state index is 5.38. The van der Waals surface area contributed by atoms with Crippen LogP contribution in [0.1, 0.15) is 6.92 Å². The summed E-state index contributed by atoms with van der Waals surface area (Å²) in [7, 11) is 0. The number of hydrogen-bond acceptors (Lipinski definition) is 1. The predicted octanol–water partition coefficient (Wildman–Crippen LogP) is 3.41. The Bertz CT molecular complexity index is 220. The van der Waals surface area contributed by atoms with Crippen molar-refractivity contribution in [1.29, 1.82) is 0 Å². The Hall–Kier alpha value is 0.230. The average molecular weight is 327 g/mol. The van der Waals surface area contributed by atoms with Gasteiger partial charge in [0, 0.05) is 3.57 Å². The summed E-state index contributed by atoms with van der Waals surface area (Å²) in [4.78, 5) is 0. The van der Waals surface area contributed by atoms with Gasteiger partial charge in [0.05, 0.1) is 0 Å². The molecule has 1 atom stereocenters. The molecular formula is C8H8BrIO. The van der Waals surface area contributed by atoms with Crippen molar-refractivity contribution in [3.8, 4) is 5.75 Å². The van der Waals surface area contributed by atoms with Crippen molar-refractivity contribution in [2.75, 3.05) is 0 Å². The summed E-state index contributed by atoms with van der Waals surface area (Å²) in [6, 6.07) is 7.95. The maximum Gasteiger partial charge on any atom is 0.150 e. The Morgan fingerprint density at radius 3 is 2.36 bits per heavy atom. The van der Waals surface area contributed by atoms with E-state index in [4.69, 9.17) is 4.74 Å². The van der Waals surface area contributed by atoms with Crippen LogP contribution in [0.5, 0.6) is 5.75 Å². The topological polar surface area (TPSA) is 9.23 Å². The third-order valence-corrected chi connectivity index (χ3v) is 2.02. The lowest BCUT2D eigenvalue weighted by molar-refractivity contribution is 0.314. The zero-order valence-corrected chi connectivity index (χ0v) is 9.79. The van der Waals surface area contributed by atoms with E-state index >= 15 is 0 Å². The largest absolute Gasteiger partial charge is 0.480 e. The highest BCUT2D eigenvalue weighted by Gasteiger charge is 1.96. The van der Waals surface area contributed by atoms with Gasteiger partial charge in [-0.05, 0) is 69.7 Å². The van der Waals surface area contributed by atoms with Gasteiger partial charge in [0.1, 0.15) is 5.75 Å². The first-order valence-electron chi connectivity index (χ1n) is 3.25. The van der Waals surface area contributed by atoms with Gasteiger partial charge in [0.25, 0.3) is 0 Å². The fourth-order valence-corrected chi connectivity index (χ4v) is 1.28. The molecule has 1 rings (SSSR count). The summed E-state index contributed by atoms with van der Waals surface area (Å²) in [5.41, 5.74) is 0. The van der Waals surface area contributed by atoms with Crippen LogP contribution in [0.3, 0.4) is 0 Å². The average Bonchev–Trinajstić information content (AvgIpc) is 1.93. The fraction of sp³-hybridized carbons (Fsp3) is 0.250. The van der Waals surface area contributed by atoms with E-state index in [9.17, 15) is 0 Å². The Labute approximate surface area is 88.4 Å². The van der Waals surface area contributed by atoms with Gasteiger partial charge in [-0.3, -0.25) is 0 Å². The van der Waals surface area contributed by atoms with E-state index in [1.807, 2.05) is 31.2 Å². The van der Waals surface area contributed by atoms with E-state index < -0.39 is 0 Å². The molecule has 0 aromatic heterocycles. The first kappa shape index (κ1) is 9.32. The van der Waals surface area contributed by atoms with Crippen LogP contribution in [-0.4, -0.2) is 5.01 Å². The van der Waals surface area contributed by atoms with Gasteiger partial charge >= 0.3 is 0 Å². The molecule has 0 radical (unpaired) electrons. The lowest BCUT2D eigenvalue weighted by Crippen LogP contribution is -2.00. The van der Waals surface area contributed by atoms with Gasteiger partial charge in [-0.1, -0.05) is 0 Å². The Kier molecular flexibility index (Phi) is 3.65. The van der Waals surface area contributed by atoms with Crippen LogP contribution in [0, 0.1) is 3.57 Å². The Balaban J connectivity index is 2.66. The molecular weight excluding hydrogens is 319 g/mol. The molecule has 0 spiro atoms. The van der Waals surface area contributed by atoms with Crippen molar-refractivity contribution >= 4 is 38.5 Å². The van der Waals surface area contributed by atoms with E-state index in [0.717, 1.165) is 5.75 Å². The third kappa shape index (κ3) is 3.42. The van der Waals surface area contributed by atoms with Crippen LogP contribution in [0.2, 0.25) is 0 Å².